The Morgan fingerprint density at radius 1 is 0.188 bits per heavy atom. The summed E-state index contributed by atoms with van der Waals surface area (Å²) >= 11 is 0. The van der Waals surface area contributed by atoms with Gasteiger partial charge in [0.05, 0.1) is 0 Å². The van der Waals surface area contributed by atoms with Gasteiger partial charge in [0.2, 0.25) is 0 Å². The van der Waals surface area contributed by atoms with Crippen LogP contribution in [0.5, 0.6) is 0 Å². The number of unbranched alkanes of at least 4 members (excludes halogenated alkanes) is 35. The molecule has 0 heterocycles. The summed E-state index contributed by atoms with van der Waals surface area (Å²) in [6.45, 7) is 32.7. The first-order valence-electron chi connectivity index (χ1n) is 30.3. The second kappa shape index (κ2) is 41.9. The summed E-state index contributed by atoms with van der Waals surface area (Å²) in [5, 5.41) is 0. The van der Waals surface area contributed by atoms with E-state index in [4.69, 9.17) is 0 Å². The molecule has 0 saturated heterocycles. The minimum Gasteiger partial charge on any atom is -0.293 e. The van der Waals surface area contributed by atoms with Crippen LogP contribution in [0.15, 0.2) is 0 Å². The highest BCUT2D eigenvalue weighted by atomic mass is 15.3. The SMILES string of the molecule is CCCCCCCCCCCC(C)(C)N(CCCCCCN(C(C)(C)CCCCCCCCCCC)C(C)(C)CCCCCCCCCCC)C(C)(C)CCCCCCCCCCC. The zero-order valence-corrected chi connectivity index (χ0v) is 47.4. The van der Waals surface area contributed by atoms with Crippen LogP contribution < -0.4 is 0 Å². The highest BCUT2D eigenvalue weighted by Crippen LogP contribution is 2.36. The molecule has 0 aliphatic rings. The van der Waals surface area contributed by atoms with Crippen molar-refractivity contribution >= 4 is 0 Å². The van der Waals surface area contributed by atoms with Crippen LogP contribution in [0.1, 0.15) is 366 Å². The Bertz CT molecular complexity index is 803. The van der Waals surface area contributed by atoms with Crippen molar-refractivity contribution in [3.05, 3.63) is 0 Å². The number of rotatable bonds is 51. The molecule has 386 valence electrons. The Hall–Kier alpha value is -0.0800. The van der Waals surface area contributed by atoms with Gasteiger partial charge in [-0.25, -0.2) is 0 Å². The van der Waals surface area contributed by atoms with Gasteiger partial charge >= 0.3 is 0 Å². The van der Waals surface area contributed by atoms with Crippen LogP contribution in [-0.2, 0) is 0 Å². The second-order valence-electron chi connectivity index (χ2n) is 24.3. The summed E-state index contributed by atoms with van der Waals surface area (Å²) in [6, 6.07) is 0. The van der Waals surface area contributed by atoms with Gasteiger partial charge in [-0.2, -0.15) is 0 Å². The van der Waals surface area contributed by atoms with Crippen LogP contribution in [0.25, 0.3) is 0 Å². The summed E-state index contributed by atoms with van der Waals surface area (Å²) in [5.41, 5.74) is 1.05. The molecular formula is C62H128N2. The van der Waals surface area contributed by atoms with Gasteiger partial charge in [-0.15, -0.1) is 0 Å². The van der Waals surface area contributed by atoms with Gasteiger partial charge in [0.1, 0.15) is 0 Å². The first-order chi connectivity index (χ1) is 30.7. The van der Waals surface area contributed by atoms with Crippen LogP contribution in [0.3, 0.4) is 0 Å². The smallest absolute Gasteiger partial charge is 0.0158 e. The molecule has 0 aliphatic carbocycles. The molecule has 0 spiro atoms. The highest BCUT2D eigenvalue weighted by Gasteiger charge is 2.38. The lowest BCUT2D eigenvalue weighted by Gasteiger charge is -2.50. The van der Waals surface area contributed by atoms with E-state index in [0.717, 1.165) is 0 Å². The largest absolute Gasteiger partial charge is 0.293 e. The summed E-state index contributed by atoms with van der Waals surface area (Å²) in [6.07, 6.45) is 62.2. The van der Waals surface area contributed by atoms with Crippen molar-refractivity contribution in [1.82, 2.24) is 9.80 Å². The quantitative estimate of drug-likeness (QED) is 0.0561. The second-order valence-corrected chi connectivity index (χ2v) is 24.3. The molecule has 2 heteroatoms. The fraction of sp³-hybridized carbons (Fsp3) is 1.00. The van der Waals surface area contributed by atoms with E-state index in [1.165, 1.54) is 296 Å². The molecule has 0 aromatic rings. The van der Waals surface area contributed by atoms with Gasteiger partial charge in [-0.1, -0.05) is 272 Å². The molecule has 0 rings (SSSR count). The molecular weight excluding hydrogens is 773 g/mol. The van der Waals surface area contributed by atoms with Crippen molar-refractivity contribution in [3.8, 4) is 0 Å². The zero-order chi connectivity index (χ0) is 47.7. The molecule has 0 atom stereocenters. The van der Waals surface area contributed by atoms with Gasteiger partial charge in [0, 0.05) is 22.2 Å². The lowest BCUT2D eigenvalue weighted by atomic mass is 9.84. The maximum absolute atomic E-state index is 3.02. The molecule has 0 fully saturated rings. The standard InChI is InChI=1S/C62H128N2/c1-13-17-21-25-29-33-37-41-47-53-59(5,6)63(60(7,8)54-48-42-38-34-30-26-22-18-14-2)57-51-45-46-52-58-64(61(9,10)55-49-43-39-35-31-27-23-19-15-3)62(11,12)56-50-44-40-36-32-28-24-20-16-4/h13-58H2,1-12H3. The summed E-state index contributed by atoms with van der Waals surface area (Å²) < 4.78 is 0. The molecule has 2 nitrogen and oxygen atoms in total. The maximum atomic E-state index is 3.02. The average Bonchev–Trinajstić information content (AvgIpc) is 3.24. The van der Waals surface area contributed by atoms with Crippen molar-refractivity contribution < 1.29 is 0 Å². The fourth-order valence-electron chi connectivity index (χ4n) is 11.8. The van der Waals surface area contributed by atoms with E-state index in [2.05, 4.69) is 92.9 Å². The summed E-state index contributed by atoms with van der Waals surface area (Å²) in [5.74, 6) is 0. The van der Waals surface area contributed by atoms with E-state index in [9.17, 15) is 0 Å². The normalized spacial score (nSPS) is 13.0. The molecule has 0 radical (unpaired) electrons. The Morgan fingerprint density at radius 2 is 0.328 bits per heavy atom. The van der Waals surface area contributed by atoms with Gasteiger partial charge in [-0.05, 0) is 107 Å². The Balaban J connectivity index is 5.44. The average molecular weight is 902 g/mol. The molecule has 0 aliphatic heterocycles. The first kappa shape index (κ1) is 63.9. The van der Waals surface area contributed by atoms with Crippen LogP contribution in [0.2, 0.25) is 0 Å². The molecule has 0 unspecified atom stereocenters. The van der Waals surface area contributed by atoms with Gasteiger partial charge in [0.25, 0.3) is 0 Å². The topological polar surface area (TPSA) is 6.48 Å². The minimum absolute atomic E-state index is 0.263. The fourth-order valence-corrected chi connectivity index (χ4v) is 11.8. The van der Waals surface area contributed by atoms with E-state index >= 15 is 0 Å². The highest BCUT2D eigenvalue weighted by molar-refractivity contribution is 4.94. The number of hydrogen-bond donors (Lipinski definition) is 0. The number of nitrogens with zero attached hydrogens (tertiary/aromatic N) is 2. The van der Waals surface area contributed by atoms with Crippen LogP contribution in [-0.4, -0.2) is 45.0 Å². The summed E-state index contributed by atoms with van der Waals surface area (Å²) in [7, 11) is 0. The van der Waals surface area contributed by atoms with Crippen molar-refractivity contribution in [2.45, 2.75) is 388 Å². The summed E-state index contributed by atoms with van der Waals surface area (Å²) in [4.78, 5) is 6.04. The van der Waals surface area contributed by atoms with Crippen LogP contribution in [0, 0.1) is 0 Å². The minimum atomic E-state index is 0.263. The third-order valence-corrected chi connectivity index (χ3v) is 16.0. The van der Waals surface area contributed by atoms with Crippen LogP contribution in [0.4, 0.5) is 0 Å². The predicted molar refractivity (Wildman–Crippen MR) is 296 cm³/mol. The molecule has 0 bridgehead atoms. The van der Waals surface area contributed by atoms with E-state index in [0.29, 0.717) is 0 Å². The third-order valence-electron chi connectivity index (χ3n) is 16.0. The van der Waals surface area contributed by atoms with Crippen LogP contribution >= 0.6 is 0 Å². The molecule has 0 saturated carbocycles. The van der Waals surface area contributed by atoms with E-state index in [1.54, 1.807) is 0 Å². The third kappa shape index (κ3) is 35.1. The molecule has 0 N–H and O–H groups in total. The van der Waals surface area contributed by atoms with E-state index in [-0.39, 0.29) is 22.2 Å². The van der Waals surface area contributed by atoms with E-state index < -0.39 is 0 Å². The molecule has 64 heavy (non-hydrogen) atoms. The van der Waals surface area contributed by atoms with Gasteiger partial charge < -0.3 is 0 Å². The van der Waals surface area contributed by atoms with Gasteiger partial charge in [0.15, 0.2) is 0 Å². The monoisotopic (exact) mass is 901 g/mol. The predicted octanol–water partition coefficient (Wildman–Crippen LogP) is 21.9. The maximum Gasteiger partial charge on any atom is 0.0158 e. The number of hydrogen-bond acceptors (Lipinski definition) is 2. The lowest BCUT2D eigenvalue weighted by molar-refractivity contribution is -0.00190. The Labute approximate surface area is 409 Å². The van der Waals surface area contributed by atoms with Crippen molar-refractivity contribution in [1.29, 1.82) is 0 Å². The van der Waals surface area contributed by atoms with Crippen molar-refractivity contribution in [2.75, 3.05) is 13.1 Å². The van der Waals surface area contributed by atoms with E-state index in [1.807, 2.05) is 0 Å². The first-order valence-corrected chi connectivity index (χ1v) is 30.3. The van der Waals surface area contributed by atoms with Gasteiger partial charge in [-0.3, -0.25) is 9.80 Å². The van der Waals surface area contributed by atoms with Crippen molar-refractivity contribution in [3.63, 3.8) is 0 Å². The molecule has 0 aromatic carbocycles. The lowest BCUT2D eigenvalue weighted by Crippen LogP contribution is -2.56. The Morgan fingerprint density at radius 3 is 0.500 bits per heavy atom. The zero-order valence-electron chi connectivity index (χ0n) is 47.4. The van der Waals surface area contributed by atoms with Crippen molar-refractivity contribution in [2.24, 2.45) is 0 Å². The molecule has 0 amide bonds. The Kier molecular flexibility index (Phi) is 41.8. The molecule has 0 aromatic heterocycles.